The van der Waals surface area contributed by atoms with E-state index in [1.165, 1.54) is 22.0 Å². The first kappa shape index (κ1) is 18.4. The SMILES string of the molecule is Cc1cccc(CN2CCN(C(=O)Cn3cnc4ccccc4c3=O)CC2)c1. The molecule has 1 saturated heterocycles. The second-order valence-corrected chi connectivity index (χ2v) is 7.34. The summed E-state index contributed by atoms with van der Waals surface area (Å²) in [6, 6.07) is 15.7. The van der Waals surface area contributed by atoms with Gasteiger partial charge in [-0.15, -0.1) is 0 Å². The Hall–Kier alpha value is -2.99. The molecular formula is C22H24N4O2. The number of benzene rings is 2. The summed E-state index contributed by atoms with van der Waals surface area (Å²) in [5, 5.41) is 0.542. The van der Waals surface area contributed by atoms with E-state index >= 15 is 0 Å². The topological polar surface area (TPSA) is 58.4 Å². The van der Waals surface area contributed by atoms with Gasteiger partial charge in [0.25, 0.3) is 5.56 Å². The number of hydrogen-bond donors (Lipinski definition) is 0. The zero-order valence-electron chi connectivity index (χ0n) is 16.0. The minimum Gasteiger partial charge on any atom is -0.339 e. The lowest BCUT2D eigenvalue weighted by Gasteiger charge is -2.35. The zero-order valence-corrected chi connectivity index (χ0v) is 16.0. The number of piperazine rings is 1. The quantitative estimate of drug-likeness (QED) is 0.699. The molecule has 2 aromatic carbocycles. The van der Waals surface area contributed by atoms with Gasteiger partial charge in [-0.05, 0) is 24.6 Å². The Bertz CT molecular complexity index is 1050. The molecule has 4 rings (SSSR count). The van der Waals surface area contributed by atoms with Crippen LogP contribution in [-0.2, 0) is 17.9 Å². The van der Waals surface area contributed by atoms with Gasteiger partial charge in [0.1, 0.15) is 6.54 Å². The summed E-state index contributed by atoms with van der Waals surface area (Å²) in [6.07, 6.45) is 1.47. The Morgan fingerprint density at radius 3 is 2.61 bits per heavy atom. The monoisotopic (exact) mass is 376 g/mol. The van der Waals surface area contributed by atoms with Crippen molar-refractivity contribution in [2.45, 2.75) is 20.0 Å². The molecule has 1 aliphatic heterocycles. The number of carbonyl (C=O) groups is 1. The number of aromatic nitrogens is 2. The number of carbonyl (C=O) groups excluding carboxylic acids is 1. The third-order valence-electron chi connectivity index (χ3n) is 5.25. The first-order valence-electron chi connectivity index (χ1n) is 9.60. The molecule has 2 heterocycles. The molecular weight excluding hydrogens is 352 g/mol. The average molecular weight is 376 g/mol. The molecule has 1 amide bonds. The third-order valence-corrected chi connectivity index (χ3v) is 5.25. The average Bonchev–Trinajstić information content (AvgIpc) is 2.71. The maximum atomic E-state index is 12.7. The molecule has 0 radical (unpaired) electrons. The van der Waals surface area contributed by atoms with E-state index in [0.717, 1.165) is 19.6 Å². The lowest BCUT2D eigenvalue weighted by molar-refractivity contribution is -0.133. The van der Waals surface area contributed by atoms with E-state index in [1.54, 1.807) is 12.1 Å². The van der Waals surface area contributed by atoms with Crippen molar-refractivity contribution in [3.63, 3.8) is 0 Å². The van der Waals surface area contributed by atoms with Gasteiger partial charge < -0.3 is 4.90 Å². The molecule has 1 fully saturated rings. The van der Waals surface area contributed by atoms with Gasteiger partial charge >= 0.3 is 0 Å². The number of aryl methyl sites for hydroxylation is 1. The van der Waals surface area contributed by atoms with E-state index in [9.17, 15) is 9.59 Å². The highest BCUT2D eigenvalue weighted by Gasteiger charge is 2.21. The van der Waals surface area contributed by atoms with Crippen LogP contribution in [0.5, 0.6) is 0 Å². The summed E-state index contributed by atoms with van der Waals surface area (Å²) < 4.78 is 1.41. The van der Waals surface area contributed by atoms with Crippen molar-refractivity contribution in [1.29, 1.82) is 0 Å². The fourth-order valence-corrected chi connectivity index (χ4v) is 3.69. The second-order valence-electron chi connectivity index (χ2n) is 7.34. The van der Waals surface area contributed by atoms with Crippen molar-refractivity contribution in [1.82, 2.24) is 19.4 Å². The van der Waals surface area contributed by atoms with Crippen LogP contribution in [0, 0.1) is 6.92 Å². The van der Waals surface area contributed by atoms with E-state index in [-0.39, 0.29) is 18.0 Å². The highest BCUT2D eigenvalue weighted by atomic mass is 16.2. The molecule has 1 aliphatic rings. The minimum absolute atomic E-state index is 0.0330. The molecule has 0 atom stereocenters. The predicted octanol–water partition coefficient (Wildman–Crippen LogP) is 2.05. The highest BCUT2D eigenvalue weighted by Crippen LogP contribution is 2.11. The smallest absolute Gasteiger partial charge is 0.261 e. The van der Waals surface area contributed by atoms with Crippen molar-refractivity contribution >= 4 is 16.8 Å². The molecule has 144 valence electrons. The Labute approximate surface area is 164 Å². The van der Waals surface area contributed by atoms with E-state index in [0.29, 0.717) is 24.0 Å². The van der Waals surface area contributed by atoms with Crippen molar-refractivity contribution in [2.24, 2.45) is 0 Å². The lowest BCUT2D eigenvalue weighted by atomic mass is 10.1. The van der Waals surface area contributed by atoms with Crippen molar-refractivity contribution in [3.05, 3.63) is 76.3 Å². The van der Waals surface area contributed by atoms with Gasteiger partial charge in [-0.25, -0.2) is 4.98 Å². The van der Waals surface area contributed by atoms with Crippen LogP contribution < -0.4 is 5.56 Å². The Morgan fingerprint density at radius 1 is 1.04 bits per heavy atom. The summed E-state index contributed by atoms with van der Waals surface area (Å²) in [5.41, 5.74) is 3.05. The number of fused-ring (bicyclic) bond motifs is 1. The van der Waals surface area contributed by atoms with Gasteiger partial charge in [0.05, 0.1) is 17.2 Å². The van der Waals surface area contributed by atoms with Crippen molar-refractivity contribution in [2.75, 3.05) is 26.2 Å². The summed E-state index contributed by atoms with van der Waals surface area (Å²) in [5.74, 6) is -0.0330. The van der Waals surface area contributed by atoms with Gasteiger partial charge in [-0.3, -0.25) is 19.1 Å². The maximum absolute atomic E-state index is 12.7. The fraction of sp³-hybridized carbons (Fsp3) is 0.318. The zero-order chi connectivity index (χ0) is 19.5. The third kappa shape index (κ3) is 3.97. The second kappa shape index (κ2) is 7.94. The number of rotatable bonds is 4. The Balaban J connectivity index is 1.37. The first-order chi connectivity index (χ1) is 13.6. The minimum atomic E-state index is -0.169. The molecule has 6 nitrogen and oxygen atoms in total. The highest BCUT2D eigenvalue weighted by molar-refractivity contribution is 5.79. The van der Waals surface area contributed by atoms with Crippen molar-refractivity contribution in [3.8, 4) is 0 Å². The van der Waals surface area contributed by atoms with Gasteiger partial charge in [0.15, 0.2) is 0 Å². The van der Waals surface area contributed by atoms with Gasteiger partial charge in [-0.1, -0.05) is 42.0 Å². The molecule has 28 heavy (non-hydrogen) atoms. The van der Waals surface area contributed by atoms with E-state index in [4.69, 9.17) is 0 Å². The van der Waals surface area contributed by atoms with Crippen LogP contribution in [0.4, 0.5) is 0 Å². The van der Waals surface area contributed by atoms with Gasteiger partial charge in [0.2, 0.25) is 5.91 Å². The molecule has 0 spiro atoms. The summed E-state index contributed by atoms with van der Waals surface area (Å²) >= 11 is 0. The first-order valence-corrected chi connectivity index (χ1v) is 9.60. The standard InChI is InChI=1S/C22H24N4O2/c1-17-5-4-6-18(13-17)14-24-9-11-25(12-10-24)21(27)15-26-16-23-20-8-3-2-7-19(20)22(26)28/h2-8,13,16H,9-12,14-15H2,1H3. The molecule has 3 aromatic rings. The normalized spacial score (nSPS) is 15.1. The van der Waals surface area contributed by atoms with Crippen LogP contribution in [0.25, 0.3) is 10.9 Å². The van der Waals surface area contributed by atoms with Crippen molar-refractivity contribution < 1.29 is 4.79 Å². The van der Waals surface area contributed by atoms with Crippen LogP contribution in [0.2, 0.25) is 0 Å². The van der Waals surface area contributed by atoms with Gasteiger partial charge in [0, 0.05) is 32.7 Å². The van der Waals surface area contributed by atoms with E-state index in [2.05, 4.69) is 41.1 Å². The van der Waals surface area contributed by atoms with Crippen LogP contribution in [0.1, 0.15) is 11.1 Å². The van der Waals surface area contributed by atoms with Crippen LogP contribution in [-0.4, -0.2) is 51.4 Å². The summed E-state index contributed by atoms with van der Waals surface area (Å²) in [4.78, 5) is 33.8. The number of nitrogens with zero attached hydrogens (tertiary/aromatic N) is 4. The number of para-hydroxylation sites is 1. The van der Waals surface area contributed by atoms with Gasteiger partial charge in [-0.2, -0.15) is 0 Å². The van der Waals surface area contributed by atoms with Crippen LogP contribution in [0.15, 0.2) is 59.7 Å². The molecule has 0 aliphatic carbocycles. The number of amides is 1. The molecule has 0 unspecified atom stereocenters. The lowest BCUT2D eigenvalue weighted by Crippen LogP contribution is -2.49. The molecule has 0 saturated carbocycles. The summed E-state index contributed by atoms with van der Waals surface area (Å²) in [6.45, 7) is 6.08. The molecule has 6 heteroatoms. The number of hydrogen-bond acceptors (Lipinski definition) is 4. The van der Waals surface area contributed by atoms with Crippen LogP contribution >= 0.6 is 0 Å². The largest absolute Gasteiger partial charge is 0.339 e. The van der Waals surface area contributed by atoms with E-state index < -0.39 is 0 Å². The molecule has 1 aromatic heterocycles. The Morgan fingerprint density at radius 2 is 1.82 bits per heavy atom. The fourth-order valence-electron chi connectivity index (χ4n) is 3.69. The maximum Gasteiger partial charge on any atom is 0.261 e. The van der Waals surface area contributed by atoms with E-state index in [1.807, 2.05) is 17.0 Å². The summed E-state index contributed by atoms with van der Waals surface area (Å²) in [7, 11) is 0. The predicted molar refractivity (Wildman–Crippen MR) is 109 cm³/mol. The van der Waals surface area contributed by atoms with Crippen LogP contribution in [0.3, 0.4) is 0 Å². The molecule has 0 N–H and O–H groups in total. The molecule has 0 bridgehead atoms. The Kier molecular flexibility index (Phi) is 5.21.